The quantitative estimate of drug-likeness (QED) is 0.285. The molecule has 2 N–H and O–H groups in total. The molecular formula is C30H36F3N7OS. The Kier molecular flexibility index (Phi) is 11.9. The molecule has 2 aromatic carbocycles. The molecule has 1 aromatic heterocycles. The van der Waals surface area contributed by atoms with E-state index < -0.39 is 11.7 Å². The number of carbonyl (C=O) groups excluding carboxylic acids is 1. The van der Waals surface area contributed by atoms with Crippen LogP contribution >= 0.6 is 12.2 Å². The number of amides is 1. The highest BCUT2D eigenvalue weighted by Gasteiger charge is 2.33. The zero-order chi connectivity index (χ0) is 30.7. The minimum atomic E-state index is -4.50. The van der Waals surface area contributed by atoms with Crippen molar-refractivity contribution >= 4 is 23.2 Å². The Morgan fingerprint density at radius 1 is 1.17 bits per heavy atom. The molecule has 0 unspecified atom stereocenters. The highest BCUT2D eigenvalue weighted by atomic mass is 32.1. The third kappa shape index (κ3) is 9.85. The first-order valence-corrected chi connectivity index (χ1v) is 14.0. The Balaban J connectivity index is 1.70. The molecule has 224 valence electrons. The number of nitriles is 1. The Labute approximate surface area is 250 Å². The SMILES string of the molecule is CC[C@@H](CN(Cc1ccccc1C(F)(F)F)C(=S)NCCN(C)C)NC(=O)Cc1cncn1Cc1ccc(C#N)cc1. The normalized spacial score (nSPS) is 12.0. The third-order valence-corrected chi connectivity index (χ3v) is 7.08. The topological polar surface area (TPSA) is 89.2 Å². The van der Waals surface area contributed by atoms with Crippen LogP contribution < -0.4 is 10.6 Å². The lowest BCUT2D eigenvalue weighted by atomic mass is 10.1. The van der Waals surface area contributed by atoms with Crippen LogP contribution in [0.2, 0.25) is 0 Å². The summed E-state index contributed by atoms with van der Waals surface area (Å²) < 4.78 is 43.0. The van der Waals surface area contributed by atoms with E-state index in [2.05, 4.69) is 21.7 Å². The molecule has 3 aromatic rings. The van der Waals surface area contributed by atoms with Gasteiger partial charge in [-0.3, -0.25) is 4.79 Å². The lowest BCUT2D eigenvalue weighted by Crippen LogP contribution is -2.49. The van der Waals surface area contributed by atoms with Gasteiger partial charge in [0, 0.05) is 50.7 Å². The fraction of sp³-hybridized carbons (Fsp3) is 0.400. The van der Waals surface area contributed by atoms with E-state index in [0.29, 0.717) is 42.4 Å². The molecule has 1 heterocycles. The largest absolute Gasteiger partial charge is 0.416 e. The Hall–Kier alpha value is -3.95. The van der Waals surface area contributed by atoms with Gasteiger partial charge in [0.2, 0.25) is 5.91 Å². The van der Waals surface area contributed by atoms with Crippen molar-refractivity contribution in [3.8, 4) is 6.07 Å². The molecule has 1 atom stereocenters. The van der Waals surface area contributed by atoms with Gasteiger partial charge in [-0.25, -0.2) is 4.98 Å². The van der Waals surface area contributed by atoms with Gasteiger partial charge in [0.15, 0.2) is 5.11 Å². The lowest BCUT2D eigenvalue weighted by molar-refractivity contribution is -0.138. The molecule has 3 rings (SSSR count). The summed E-state index contributed by atoms with van der Waals surface area (Å²) in [6.07, 6.45) is -0.589. The third-order valence-electron chi connectivity index (χ3n) is 6.68. The van der Waals surface area contributed by atoms with Crippen LogP contribution in [0, 0.1) is 11.3 Å². The Morgan fingerprint density at radius 2 is 1.88 bits per heavy atom. The lowest BCUT2D eigenvalue weighted by Gasteiger charge is -2.31. The molecule has 0 fully saturated rings. The van der Waals surface area contributed by atoms with E-state index in [1.807, 2.05) is 42.6 Å². The van der Waals surface area contributed by atoms with Crippen LogP contribution in [-0.2, 0) is 30.5 Å². The van der Waals surface area contributed by atoms with Crippen molar-refractivity contribution in [2.24, 2.45) is 0 Å². The molecular weight excluding hydrogens is 563 g/mol. The van der Waals surface area contributed by atoms with Gasteiger partial charge in [0.05, 0.1) is 29.9 Å². The van der Waals surface area contributed by atoms with Crippen molar-refractivity contribution in [2.45, 2.75) is 45.1 Å². The van der Waals surface area contributed by atoms with Crippen molar-refractivity contribution in [1.29, 1.82) is 5.26 Å². The van der Waals surface area contributed by atoms with E-state index >= 15 is 0 Å². The van der Waals surface area contributed by atoms with Crippen LogP contribution in [0.1, 0.15) is 41.3 Å². The highest BCUT2D eigenvalue weighted by molar-refractivity contribution is 7.80. The molecule has 42 heavy (non-hydrogen) atoms. The number of hydrogen-bond donors (Lipinski definition) is 2. The zero-order valence-corrected chi connectivity index (χ0v) is 24.8. The predicted molar refractivity (Wildman–Crippen MR) is 159 cm³/mol. The van der Waals surface area contributed by atoms with Crippen LogP contribution in [0.15, 0.2) is 61.1 Å². The Bertz CT molecular complexity index is 1370. The number of nitrogens with zero attached hydrogens (tertiary/aromatic N) is 5. The molecule has 0 aliphatic heterocycles. The monoisotopic (exact) mass is 599 g/mol. The fourth-order valence-electron chi connectivity index (χ4n) is 4.36. The molecule has 0 aliphatic rings. The summed E-state index contributed by atoms with van der Waals surface area (Å²) in [6.45, 7) is 3.78. The van der Waals surface area contributed by atoms with Crippen LogP contribution in [0.3, 0.4) is 0 Å². The molecule has 8 nitrogen and oxygen atoms in total. The second-order valence-corrected chi connectivity index (χ2v) is 10.6. The number of hydrogen-bond acceptors (Lipinski definition) is 5. The van der Waals surface area contributed by atoms with Crippen molar-refractivity contribution < 1.29 is 18.0 Å². The maximum atomic E-state index is 13.7. The van der Waals surface area contributed by atoms with Gasteiger partial charge in [-0.2, -0.15) is 18.4 Å². The Morgan fingerprint density at radius 3 is 2.52 bits per heavy atom. The zero-order valence-electron chi connectivity index (χ0n) is 24.0. The minimum Gasteiger partial charge on any atom is -0.361 e. The first-order valence-electron chi connectivity index (χ1n) is 13.6. The van der Waals surface area contributed by atoms with Crippen LogP contribution in [0.25, 0.3) is 0 Å². The molecule has 0 radical (unpaired) electrons. The number of aromatic nitrogens is 2. The van der Waals surface area contributed by atoms with Crippen molar-refractivity contribution in [2.75, 3.05) is 33.7 Å². The van der Waals surface area contributed by atoms with Crippen molar-refractivity contribution in [1.82, 2.24) is 30.0 Å². The summed E-state index contributed by atoms with van der Waals surface area (Å²) in [6, 6.07) is 14.4. The number of thiocarbonyl (C=S) groups is 1. The maximum absolute atomic E-state index is 13.7. The smallest absolute Gasteiger partial charge is 0.361 e. The number of halogens is 3. The van der Waals surface area contributed by atoms with Gasteiger partial charge >= 0.3 is 6.18 Å². The minimum absolute atomic E-state index is 0.0623. The molecule has 0 saturated heterocycles. The molecule has 0 aliphatic carbocycles. The predicted octanol–water partition coefficient (Wildman–Crippen LogP) is 4.20. The van der Waals surface area contributed by atoms with E-state index in [0.717, 1.165) is 11.6 Å². The number of rotatable bonds is 13. The average Bonchev–Trinajstić information content (AvgIpc) is 3.37. The van der Waals surface area contributed by atoms with Gasteiger partial charge in [0.25, 0.3) is 0 Å². The molecule has 0 saturated carbocycles. The molecule has 0 spiro atoms. The highest BCUT2D eigenvalue weighted by Crippen LogP contribution is 2.32. The summed E-state index contributed by atoms with van der Waals surface area (Å²) >= 11 is 5.60. The summed E-state index contributed by atoms with van der Waals surface area (Å²) in [5, 5.41) is 15.5. The summed E-state index contributed by atoms with van der Waals surface area (Å²) in [4.78, 5) is 20.9. The van der Waals surface area contributed by atoms with Crippen LogP contribution in [0.4, 0.5) is 13.2 Å². The number of alkyl halides is 3. The van der Waals surface area contributed by atoms with Crippen molar-refractivity contribution in [3.05, 3.63) is 89.0 Å². The number of carbonyl (C=O) groups is 1. The van der Waals surface area contributed by atoms with E-state index in [-0.39, 0.29) is 37.0 Å². The first kappa shape index (κ1) is 32.6. The number of benzene rings is 2. The van der Waals surface area contributed by atoms with Gasteiger partial charge in [-0.1, -0.05) is 37.3 Å². The van der Waals surface area contributed by atoms with E-state index in [4.69, 9.17) is 17.5 Å². The molecule has 0 bridgehead atoms. The van der Waals surface area contributed by atoms with Crippen molar-refractivity contribution in [3.63, 3.8) is 0 Å². The van der Waals surface area contributed by atoms with Crippen LogP contribution in [0.5, 0.6) is 0 Å². The van der Waals surface area contributed by atoms with Gasteiger partial charge in [0.1, 0.15) is 0 Å². The number of imidazole rings is 1. The van der Waals surface area contributed by atoms with E-state index in [1.165, 1.54) is 12.1 Å². The summed E-state index contributed by atoms with van der Waals surface area (Å²) in [5.74, 6) is -0.231. The van der Waals surface area contributed by atoms with Gasteiger partial charge in [-0.05, 0) is 62.1 Å². The number of likely N-dealkylation sites (N-methyl/N-ethyl adjacent to an activating group) is 1. The van der Waals surface area contributed by atoms with Crippen LogP contribution in [-0.4, -0.2) is 70.1 Å². The average molecular weight is 600 g/mol. The molecule has 12 heteroatoms. The van der Waals surface area contributed by atoms with E-state index in [1.54, 1.807) is 35.6 Å². The summed E-state index contributed by atoms with van der Waals surface area (Å²) in [7, 11) is 3.84. The second-order valence-electron chi connectivity index (χ2n) is 10.2. The number of nitrogens with one attached hydrogen (secondary N) is 2. The fourth-order valence-corrected chi connectivity index (χ4v) is 4.60. The van der Waals surface area contributed by atoms with Gasteiger partial charge < -0.3 is 25.0 Å². The first-order chi connectivity index (χ1) is 20.0. The summed E-state index contributed by atoms with van der Waals surface area (Å²) in [5.41, 5.74) is 1.64. The van der Waals surface area contributed by atoms with E-state index in [9.17, 15) is 18.0 Å². The standard InChI is InChI=1S/C30H36F3N7OS/c1-4-25(37-28(41)15-26-17-35-21-40(26)18-23-11-9-22(16-34)10-12-23)20-39(29(42)36-13-14-38(2)3)19-24-7-5-6-8-27(24)30(31,32)33/h5-12,17,21,25H,4,13-15,18-20H2,1-3H3,(H,36,42)(H,37,41)/t25-/m0/s1. The second kappa shape index (κ2) is 15.3. The molecule has 1 amide bonds. The maximum Gasteiger partial charge on any atom is 0.416 e. The van der Waals surface area contributed by atoms with Gasteiger partial charge in [-0.15, -0.1) is 0 Å².